The Morgan fingerprint density at radius 1 is 1.35 bits per heavy atom. The number of nitrogens with zero attached hydrogens (tertiary/aromatic N) is 3. The molecule has 5 nitrogen and oxygen atoms in total. The fourth-order valence-electron chi connectivity index (χ4n) is 2.57. The Kier molecular flexibility index (Phi) is 3.75. The summed E-state index contributed by atoms with van der Waals surface area (Å²) in [6, 6.07) is 5.67. The van der Waals surface area contributed by atoms with Crippen molar-refractivity contribution in [2.24, 2.45) is 0 Å². The van der Waals surface area contributed by atoms with Gasteiger partial charge in [0.1, 0.15) is 0 Å². The number of nitrogen functional groups attached to an aromatic ring is 1. The van der Waals surface area contributed by atoms with Gasteiger partial charge in [-0.3, -0.25) is 0 Å². The average molecular weight is 324 g/mol. The molecule has 0 atom stereocenters. The number of anilines is 2. The van der Waals surface area contributed by atoms with E-state index in [1.165, 1.54) is 6.20 Å². The molecular weight excluding hydrogens is 309 g/mol. The van der Waals surface area contributed by atoms with Crippen molar-refractivity contribution in [2.75, 3.05) is 30.8 Å². The Bertz CT molecular complexity index is 733. The number of fused-ring (bicyclic) bond motifs is 1. The number of hydrogen-bond donors (Lipinski definition) is 1. The zero-order chi connectivity index (χ0) is 16.6. The molecule has 0 amide bonds. The molecule has 0 bridgehead atoms. The Labute approximate surface area is 130 Å². The Hall–Kier alpha value is -2.51. The summed E-state index contributed by atoms with van der Waals surface area (Å²) in [4.78, 5) is 9.78. The number of rotatable bonds is 3. The molecule has 122 valence electrons. The lowest BCUT2D eigenvalue weighted by Gasteiger charge is -2.14. The van der Waals surface area contributed by atoms with Crippen LogP contribution < -0.4 is 15.4 Å². The second kappa shape index (κ2) is 5.60. The summed E-state index contributed by atoms with van der Waals surface area (Å²) >= 11 is 0. The van der Waals surface area contributed by atoms with Crippen LogP contribution >= 0.6 is 0 Å². The lowest BCUT2D eigenvalue weighted by atomic mass is 10.0. The van der Waals surface area contributed by atoms with Crippen molar-refractivity contribution >= 4 is 11.6 Å². The highest BCUT2D eigenvalue weighted by Gasteiger charge is 2.29. The van der Waals surface area contributed by atoms with Gasteiger partial charge in [-0.1, -0.05) is 6.07 Å². The third-order valence-corrected chi connectivity index (χ3v) is 3.66. The standard InChI is InChI=1S/C15H15F3N4O/c1-22-5-4-10-6-9(2-3-12(10)22)11-7-20-14(19)21-13(11)23-8-15(16,17)18/h2-3,6-7H,4-5,8H2,1H3,(H2,19,20,21). The zero-order valence-corrected chi connectivity index (χ0v) is 12.4. The van der Waals surface area contributed by atoms with E-state index in [2.05, 4.69) is 14.9 Å². The van der Waals surface area contributed by atoms with Crippen molar-refractivity contribution in [1.29, 1.82) is 0 Å². The van der Waals surface area contributed by atoms with Crippen LogP contribution in [0.2, 0.25) is 0 Å². The largest absolute Gasteiger partial charge is 0.467 e. The fourth-order valence-corrected chi connectivity index (χ4v) is 2.57. The van der Waals surface area contributed by atoms with E-state index in [-0.39, 0.29) is 11.8 Å². The molecule has 1 aromatic carbocycles. The fraction of sp³-hybridized carbons (Fsp3) is 0.333. The van der Waals surface area contributed by atoms with Gasteiger partial charge in [0.15, 0.2) is 6.61 Å². The lowest BCUT2D eigenvalue weighted by Crippen LogP contribution is -2.20. The molecule has 1 aromatic heterocycles. The molecule has 0 radical (unpaired) electrons. The molecule has 1 aliphatic rings. The van der Waals surface area contributed by atoms with Crippen molar-refractivity contribution in [2.45, 2.75) is 12.6 Å². The van der Waals surface area contributed by atoms with Gasteiger partial charge in [0.05, 0.1) is 5.56 Å². The van der Waals surface area contributed by atoms with Gasteiger partial charge in [0.25, 0.3) is 0 Å². The average Bonchev–Trinajstić information content (AvgIpc) is 2.85. The van der Waals surface area contributed by atoms with Gasteiger partial charge in [0, 0.05) is 25.5 Å². The summed E-state index contributed by atoms with van der Waals surface area (Å²) in [6.45, 7) is -0.515. The van der Waals surface area contributed by atoms with Crippen molar-refractivity contribution < 1.29 is 17.9 Å². The van der Waals surface area contributed by atoms with Crippen LogP contribution in [0.5, 0.6) is 5.88 Å². The maximum atomic E-state index is 12.4. The third kappa shape index (κ3) is 3.30. The molecule has 2 N–H and O–H groups in total. The van der Waals surface area contributed by atoms with Gasteiger partial charge in [-0.25, -0.2) is 4.98 Å². The van der Waals surface area contributed by atoms with Gasteiger partial charge >= 0.3 is 6.18 Å². The van der Waals surface area contributed by atoms with Gasteiger partial charge in [-0.2, -0.15) is 18.2 Å². The molecule has 0 spiro atoms. The topological polar surface area (TPSA) is 64.3 Å². The number of aromatic nitrogens is 2. The predicted molar refractivity (Wildman–Crippen MR) is 80.4 cm³/mol. The highest BCUT2D eigenvalue weighted by molar-refractivity contribution is 5.73. The Morgan fingerprint density at radius 3 is 2.87 bits per heavy atom. The number of hydrogen-bond acceptors (Lipinski definition) is 5. The van der Waals surface area contributed by atoms with Crippen molar-refractivity contribution in [3.05, 3.63) is 30.0 Å². The first-order chi connectivity index (χ1) is 10.8. The van der Waals surface area contributed by atoms with E-state index in [0.717, 1.165) is 24.2 Å². The van der Waals surface area contributed by atoms with Crippen LogP contribution in [0.3, 0.4) is 0 Å². The molecular formula is C15H15F3N4O. The summed E-state index contributed by atoms with van der Waals surface area (Å²) in [6.07, 6.45) is -2.18. The quantitative estimate of drug-likeness (QED) is 0.940. The van der Waals surface area contributed by atoms with E-state index < -0.39 is 12.8 Å². The third-order valence-electron chi connectivity index (χ3n) is 3.66. The summed E-state index contributed by atoms with van der Waals surface area (Å²) < 4.78 is 42.0. The number of ether oxygens (including phenoxy) is 1. The molecule has 2 heterocycles. The first-order valence-electron chi connectivity index (χ1n) is 7.00. The van der Waals surface area contributed by atoms with Gasteiger partial charge in [-0.15, -0.1) is 0 Å². The highest BCUT2D eigenvalue weighted by Crippen LogP contribution is 2.35. The molecule has 2 aromatic rings. The molecule has 8 heteroatoms. The number of nitrogens with two attached hydrogens (primary N) is 1. The molecule has 0 saturated heterocycles. The van der Waals surface area contributed by atoms with E-state index in [9.17, 15) is 13.2 Å². The molecule has 0 saturated carbocycles. The van der Waals surface area contributed by atoms with Crippen LogP contribution in [0.25, 0.3) is 11.1 Å². The second-order valence-electron chi connectivity index (χ2n) is 5.37. The van der Waals surface area contributed by atoms with E-state index >= 15 is 0 Å². The Balaban J connectivity index is 1.96. The van der Waals surface area contributed by atoms with E-state index in [1.807, 2.05) is 25.2 Å². The number of benzene rings is 1. The minimum absolute atomic E-state index is 0.133. The first kappa shape index (κ1) is 15.4. The molecule has 0 fully saturated rings. The summed E-state index contributed by atoms with van der Waals surface area (Å²) in [5.41, 5.74) is 8.80. The molecule has 1 aliphatic heterocycles. The highest BCUT2D eigenvalue weighted by atomic mass is 19.4. The van der Waals surface area contributed by atoms with Gasteiger partial charge < -0.3 is 15.4 Å². The number of alkyl halides is 3. The zero-order valence-electron chi connectivity index (χ0n) is 12.4. The molecule has 23 heavy (non-hydrogen) atoms. The number of likely N-dealkylation sites (N-methyl/N-ethyl adjacent to an activating group) is 1. The summed E-state index contributed by atoms with van der Waals surface area (Å²) in [5.74, 6) is -0.298. The molecule has 0 aliphatic carbocycles. The van der Waals surface area contributed by atoms with E-state index in [0.29, 0.717) is 11.1 Å². The summed E-state index contributed by atoms with van der Waals surface area (Å²) in [7, 11) is 2.00. The number of halogens is 3. The summed E-state index contributed by atoms with van der Waals surface area (Å²) in [5, 5.41) is 0. The monoisotopic (exact) mass is 324 g/mol. The van der Waals surface area contributed by atoms with Crippen LogP contribution in [0, 0.1) is 0 Å². The van der Waals surface area contributed by atoms with Crippen molar-refractivity contribution in [3.8, 4) is 17.0 Å². The van der Waals surface area contributed by atoms with Crippen LogP contribution in [-0.2, 0) is 6.42 Å². The van der Waals surface area contributed by atoms with Gasteiger partial charge in [-0.05, 0) is 29.7 Å². The SMILES string of the molecule is CN1CCc2cc(-c3cnc(N)nc3OCC(F)(F)F)ccc21. The van der Waals surface area contributed by atoms with Crippen LogP contribution in [-0.4, -0.2) is 36.3 Å². The van der Waals surface area contributed by atoms with E-state index in [1.54, 1.807) is 0 Å². The molecule has 3 rings (SSSR count). The van der Waals surface area contributed by atoms with Crippen LogP contribution in [0.4, 0.5) is 24.8 Å². The maximum absolute atomic E-state index is 12.4. The van der Waals surface area contributed by atoms with Crippen LogP contribution in [0.15, 0.2) is 24.4 Å². The normalized spacial score (nSPS) is 14.0. The second-order valence-corrected chi connectivity index (χ2v) is 5.37. The minimum Gasteiger partial charge on any atom is -0.467 e. The predicted octanol–water partition coefficient (Wildman–Crippen LogP) is 2.66. The van der Waals surface area contributed by atoms with Crippen molar-refractivity contribution in [1.82, 2.24) is 9.97 Å². The van der Waals surface area contributed by atoms with E-state index in [4.69, 9.17) is 10.5 Å². The smallest absolute Gasteiger partial charge is 0.422 e. The van der Waals surface area contributed by atoms with Crippen LogP contribution in [0.1, 0.15) is 5.56 Å². The van der Waals surface area contributed by atoms with Crippen molar-refractivity contribution in [3.63, 3.8) is 0 Å². The van der Waals surface area contributed by atoms with Gasteiger partial charge in [0.2, 0.25) is 11.8 Å². The minimum atomic E-state index is -4.45. The molecule has 0 unspecified atom stereocenters. The lowest BCUT2D eigenvalue weighted by molar-refractivity contribution is -0.154. The maximum Gasteiger partial charge on any atom is 0.422 e. The Morgan fingerprint density at radius 2 is 2.13 bits per heavy atom. The first-order valence-corrected chi connectivity index (χ1v) is 7.00.